The molecule has 12 heteroatoms. The molecule has 2 fully saturated rings. The van der Waals surface area contributed by atoms with E-state index >= 15 is 4.79 Å². The number of methoxy groups -OCH3 is 1. The Balaban J connectivity index is 1.44. The van der Waals surface area contributed by atoms with Crippen LogP contribution in [0.5, 0.6) is 11.5 Å². The van der Waals surface area contributed by atoms with Gasteiger partial charge in [0.05, 0.1) is 47.4 Å². The Kier molecular flexibility index (Phi) is 7.20. The van der Waals surface area contributed by atoms with Crippen molar-refractivity contribution in [3.05, 3.63) is 151 Å². The highest BCUT2D eigenvalue weighted by Crippen LogP contribution is 2.63. The molecule has 49 heavy (non-hydrogen) atoms. The van der Waals surface area contributed by atoms with Crippen LogP contribution >= 0.6 is 23.2 Å². The molecule has 10 nitrogen and oxygen atoms in total. The standard InChI is InChI=1S/C37H28Cl2N4O6/c1-49-30-18-21(17-28(39)32(30)44)31-26-15-16-40-35(47)42(24-12-6-3-7-13-24)36(48)43(40)29(26)20-27-33(45)41(25-14-8-11-23(38)19-25)34(46)37(27,31)22-9-4-2-5-10-22/h2-15,17-19,27,29,31,44H,16,20H2,1H3/t27-,29+,31-,37+/m0/s1. The molecule has 8 rings (SSSR count). The number of aromatic nitrogens is 3. The highest BCUT2D eigenvalue weighted by atomic mass is 35.5. The molecule has 3 aliphatic rings. The second kappa shape index (κ2) is 11.4. The maximum Gasteiger partial charge on any atom is 0.352 e. The fraction of sp³-hybridized carbons (Fsp3) is 0.189. The lowest BCUT2D eigenvalue weighted by atomic mass is 9.53. The number of hydrogen-bond donors (Lipinski definition) is 1. The molecular formula is C37H28Cl2N4O6. The van der Waals surface area contributed by atoms with Crippen molar-refractivity contribution < 1.29 is 19.4 Å². The van der Waals surface area contributed by atoms with Crippen LogP contribution in [0.2, 0.25) is 10.0 Å². The van der Waals surface area contributed by atoms with Crippen molar-refractivity contribution in [2.45, 2.75) is 30.3 Å². The number of rotatable bonds is 5. The number of carbonyl (C=O) groups excluding carboxylic acids is 2. The van der Waals surface area contributed by atoms with Crippen LogP contribution in [0, 0.1) is 5.92 Å². The SMILES string of the molecule is COc1cc([C@H]2C3=CCn4c(=O)n(-c5ccccc5)c(=O)n4[C@@H]3C[C@H]3C(=O)N(c4cccc(Cl)c4)C(=O)[C@@]23c2ccccc2)cc(Cl)c1O. The third-order valence-corrected chi connectivity index (χ3v) is 10.6. The second-order valence-electron chi connectivity index (χ2n) is 12.4. The van der Waals surface area contributed by atoms with Crippen LogP contribution in [0.15, 0.2) is 118 Å². The van der Waals surface area contributed by atoms with E-state index in [4.69, 9.17) is 27.9 Å². The molecular weight excluding hydrogens is 667 g/mol. The molecule has 1 saturated carbocycles. The first kappa shape index (κ1) is 31.0. The Bertz CT molecular complexity index is 2330. The van der Waals surface area contributed by atoms with Crippen molar-refractivity contribution in [1.82, 2.24) is 13.9 Å². The van der Waals surface area contributed by atoms with E-state index in [0.717, 1.165) is 4.57 Å². The third kappa shape index (κ3) is 4.33. The molecule has 3 heterocycles. The summed E-state index contributed by atoms with van der Waals surface area (Å²) in [5.74, 6) is -3.02. The monoisotopic (exact) mass is 694 g/mol. The number of aromatic hydroxyl groups is 1. The van der Waals surface area contributed by atoms with Crippen LogP contribution in [0.1, 0.15) is 29.5 Å². The molecule has 0 spiro atoms. The van der Waals surface area contributed by atoms with Crippen LogP contribution in [-0.2, 0) is 21.5 Å². The van der Waals surface area contributed by atoms with E-state index in [1.165, 1.54) is 21.4 Å². The molecule has 1 saturated heterocycles. The number of anilines is 1. The summed E-state index contributed by atoms with van der Waals surface area (Å²) in [7, 11) is 1.39. The molecule has 1 N–H and O–H groups in total. The number of amides is 2. The number of fused-ring (bicyclic) bond motifs is 4. The fourth-order valence-electron chi connectivity index (χ4n) is 8.09. The zero-order valence-electron chi connectivity index (χ0n) is 26.0. The van der Waals surface area contributed by atoms with Gasteiger partial charge in [0.25, 0.3) is 0 Å². The summed E-state index contributed by atoms with van der Waals surface area (Å²) in [6.45, 7) is 0.0366. The predicted molar refractivity (Wildman–Crippen MR) is 184 cm³/mol. The van der Waals surface area contributed by atoms with Gasteiger partial charge < -0.3 is 9.84 Å². The van der Waals surface area contributed by atoms with Gasteiger partial charge in [0, 0.05) is 10.9 Å². The Morgan fingerprint density at radius 2 is 1.53 bits per heavy atom. The summed E-state index contributed by atoms with van der Waals surface area (Å²) < 4.78 is 9.40. The minimum absolute atomic E-state index is 0.0135. The zero-order valence-corrected chi connectivity index (χ0v) is 27.5. The van der Waals surface area contributed by atoms with Crippen molar-refractivity contribution in [3.63, 3.8) is 0 Å². The lowest BCUT2D eigenvalue weighted by molar-refractivity contribution is -0.124. The summed E-state index contributed by atoms with van der Waals surface area (Å²) in [6.07, 6.45) is 1.90. The quantitative estimate of drug-likeness (QED) is 0.189. The number of benzene rings is 4. The maximum absolute atomic E-state index is 15.3. The number of imide groups is 1. The van der Waals surface area contributed by atoms with Crippen LogP contribution in [0.4, 0.5) is 5.69 Å². The van der Waals surface area contributed by atoms with Gasteiger partial charge in [0.2, 0.25) is 11.8 Å². The Morgan fingerprint density at radius 1 is 0.837 bits per heavy atom. The maximum atomic E-state index is 15.3. The van der Waals surface area contributed by atoms with Gasteiger partial charge in [-0.25, -0.2) is 28.4 Å². The molecule has 4 atom stereocenters. The normalized spacial score (nSPS) is 22.7. The average molecular weight is 696 g/mol. The smallest absolute Gasteiger partial charge is 0.352 e. The summed E-state index contributed by atoms with van der Waals surface area (Å²) >= 11 is 13.0. The first-order valence-corrected chi connectivity index (χ1v) is 16.4. The van der Waals surface area contributed by atoms with E-state index in [9.17, 15) is 19.5 Å². The number of ether oxygens (including phenoxy) is 1. The van der Waals surface area contributed by atoms with Gasteiger partial charge in [-0.3, -0.25) is 9.59 Å². The second-order valence-corrected chi connectivity index (χ2v) is 13.2. The van der Waals surface area contributed by atoms with Gasteiger partial charge >= 0.3 is 11.4 Å². The molecule has 4 aromatic carbocycles. The van der Waals surface area contributed by atoms with Gasteiger partial charge in [0.15, 0.2) is 11.5 Å². The topological polar surface area (TPSA) is 116 Å². The molecule has 2 amide bonds. The van der Waals surface area contributed by atoms with Crippen LogP contribution in [0.3, 0.4) is 0 Å². The molecule has 1 aliphatic carbocycles. The first-order chi connectivity index (χ1) is 23.7. The average Bonchev–Trinajstić information content (AvgIpc) is 3.50. The van der Waals surface area contributed by atoms with E-state index < -0.39 is 46.5 Å². The van der Waals surface area contributed by atoms with Crippen molar-refractivity contribution in [2.75, 3.05) is 12.0 Å². The highest BCUT2D eigenvalue weighted by Gasteiger charge is 2.68. The Labute approximate surface area is 289 Å². The van der Waals surface area contributed by atoms with Gasteiger partial charge in [0.1, 0.15) is 0 Å². The minimum Gasteiger partial charge on any atom is -0.503 e. The van der Waals surface area contributed by atoms with E-state index in [1.807, 2.05) is 36.4 Å². The number of carbonyl (C=O) groups is 2. The summed E-state index contributed by atoms with van der Waals surface area (Å²) in [5, 5.41) is 11.1. The van der Waals surface area contributed by atoms with E-state index in [1.54, 1.807) is 66.7 Å². The van der Waals surface area contributed by atoms with Gasteiger partial charge in [-0.2, -0.15) is 0 Å². The molecule has 246 valence electrons. The van der Waals surface area contributed by atoms with E-state index in [-0.39, 0.29) is 29.5 Å². The third-order valence-electron chi connectivity index (χ3n) is 10.0. The highest BCUT2D eigenvalue weighted by molar-refractivity contribution is 6.33. The van der Waals surface area contributed by atoms with Gasteiger partial charge in [-0.05, 0) is 65.6 Å². The zero-order chi connectivity index (χ0) is 34.2. The number of phenols is 1. The molecule has 0 bridgehead atoms. The largest absolute Gasteiger partial charge is 0.503 e. The summed E-state index contributed by atoms with van der Waals surface area (Å²) in [5.41, 5.74) is -0.151. The number of nitrogens with zero attached hydrogens (tertiary/aromatic N) is 4. The van der Waals surface area contributed by atoms with Gasteiger partial charge in [-0.15, -0.1) is 0 Å². The van der Waals surface area contributed by atoms with Crippen molar-refractivity contribution in [3.8, 4) is 17.2 Å². The minimum atomic E-state index is -1.53. The summed E-state index contributed by atoms with van der Waals surface area (Å²) in [6, 6.07) is 26.7. The predicted octanol–water partition coefficient (Wildman–Crippen LogP) is 5.62. The van der Waals surface area contributed by atoms with E-state index in [0.29, 0.717) is 33.1 Å². The Hall–Kier alpha value is -5.32. The lowest BCUT2D eigenvalue weighted by Gasteiger charge is -2.49. The van der Waals surface area contributed by atoms with Crippen LogP contribution in [-0.4, -0.2) is 38.0 Å². The van der Waals surface area contributed by atoms with Crippen LogP contribution < -0.4 is 21.0 Å². The number of hydrogen-bond acceptors (Lipinski definition) is 6. The number of para-hydroxylation sites is 1. The first-order valence-electron chi connectivity index (χ1n) is 15.6. The fourth-order valence-corrected chi connectivity index (χ4v) is 8.50. The van der Waals surface area contributed by atoms with Crippen molar-refractivity contribution in [1.29, 1.82) is 0 Å². The van der Waals surface area contributed by atoms with Crippen LogP contribution in [0.25, 0.3) is 5.69 Å². The van der Waals surface area contributed by atoms with Crippen molar-refractivity contribution in [2.24, 2.45) is 5.92 Å². The lowest BCUT2D eigenvalue weighted by Crippen LogP contribution is -2.53. The molecule has 0 unspecified atom stereocenters. The van der Waals surface area contributed by atoms with Crippen molar-refractivity contribution >= 4 is 40.7 Å². The Morgan fingerprint density at radius 3 is 2.22 bits per heavy atom. The van der Waals surface area contributed by atoms with Gasteiger partial charge in [-0.1, -0.05) is 83.9 Å². The molecule has 1 aromatic heterocycles. The van der Waals surface area contributed by atoms with E-state index in [2.05, 4.69) is 0 Å². The number of phenolic OH excluding ortho intramolecular Hbond substituents is 1. The molecule has 2 aliphatic heterocycles. The number of allylic oxidation sites excluding steroid dienone is 2. The molecule has 0 radical (unpaired) electrons. The summed E-state index contributed by atoms with van der Waals surface area (Å²) in [4.78, 5) is 59.4. The molecule has 5 aromatic rings. The number of halogens is 2.